The molecule has 9 heteroatoms. The van der Waals surface area contributed by atoms with Crippen molar-refractivity contribution in [2.75, 3.05) is 5.32 Å². The smallest absolute Gasteiger partial charge is 0.269 e. The number of hydrogen-bond acceptors (Lipinski definition) is 6. The molecule has 0 amide bonds. The Bertz CT molecular complexity index is 1280. The number of allylic oxidation sites excluding steroid dienone is 2. The van der Waals surface area contributed by atoms with Crippen LogP contribution in [0.25, 0.3) is 11.4 Å². The number of anilines is 1. The van der Waals surface area contributed by atoms with Gasteiger partial charge in [0.2, 0.25) is 5.95 Å². The van der Waals surface area contributed by atoms with Crippen LogP contribution in [0.2, 0.25) is 5.02 Å². The standard InChI is InChI=1S/C23H20ClN5O3/c1-23(2)11-17-19(18(30)12-23)20(13-3-7-15(24)8-4-13)28-22(25-17)26-21(27-28)14-5-9-16(10-6-14)29(31)32/h3-10,20H,11-12H2,1-2H3,(H,25,26,27). The average Bonchev–Trinajstić information content (AvgIpc) is 3.16. The van der Waals surface area contributed by atoms with Crippen molar-refractivity contribution in [2.24, 2.45) is 5.41 Å². The Kier molecular flexibility index (Phi) is 4.63. The summed E-state index contributed by atoms with van der Waals surface area (Å²) in [5.41, 5.74) is 2.94. The summed E-state index contributed by atoms with van der Waals surface area (Å²) in [6.07, 6.45) is 1.18. The Labute approximate surface area is 189 Å². The summed E-state index contributed by atoms with van der Waals surface area (Å²) in [5, 5.41) is 19.6. The van der Waals surface area contributed by atoms with Gasteiger partial charge in [-0.3, -0.25) is 14.9 Å². The molecule has 1 aliphatic carbocycles. The van der Waals surface area contributed by atoms with E-state index in [2.05, 4.69) is 24.1 Å². The number of ketones is 1. The molecule has 1 aromatic heterocycles. The molecule has 5 rings (SSSR count). The van der Waals surface area contributed by atoms with Gasteiger partial charge in [-0.05, 0) is 41.7 Å². The first-order valence-electron chi connectivity index (χ1n) is 10.2. The summed E-state index contributed by atoms with van der Waals surface area (Å²) in [6.45, 7) is 4.16. The molecule has 3 aromatic rings. The van der Waals surface area contributed by atoms with E-state index in [-0.39, 0.29) is 16.9 Å². The number of rotatable bonds is 3. The van der Waals surface area contributed by atoms with Gasteiger partial charge in [0.25, 0.3) is 5.69 Å². The van der Waals surface area contributed by atoms with E-state index in [9.17, 15) is 14.9 Å². The molecule has 2 heterocycles. The molecule has 32 heavy (non-hydrogen) atoms. The minimum absolute atomic E-state index is 0.000142. The highest BCUT2D eigenvalue weighted by atomic mass is 35.5. The first-order chi connectivity index (χ1) is 15.2. The number of nitro groups is 1. The number of non-ortho nitro benzene ring substituents is 1. The molecule has 0 saturated heterocycles. The van der Waals surface area contributed by atoms with E-state index in [4.69, 9.17) is 16.7 Å². The van der Waals surface area contributed by atoms with Gasteiger partial charge in [0.15, 0.2) is 11.6 Å². The monoisotopic (exact) mass is 449 g/mol. The average molecular weight is 450 g/mol. The molecule has 0 radical (unpaired) electrons. The summed E-state index contributed by atoms with van der Waals surface area (Å²) >= 11 is 6.10. The first-order valence-corrected chi connectivity index (χ1v) is 10.6. The number of benzene rings is 2. The largest absolute Gasteiger partial charge is 0.328 e. The molecular weight excluding hydrogens is 430 g/mol. The molecule has 162 valence electrons. The molecule has 1 N–H and O–H groups in total. The molecule has 8 nitrogen and oxygen atoms in total. The van der Waals surface area contributed by atoms with Crippen LogP contribution in [0.4, 0.5) is 11.6 Å². The lowest BCUT2D eigenvalue weighted by atomic mass is 9.73. The zero-order chi connectivity index (χ0) is 22.6. The predicted octanol–water partition coefficient (Wildman–Crippen LogP) is 5.16. The SMILES string of the molecule is CC1(C)CC(=O)C2=C(C1)Nc1nc(-c3ccc([N+](=O)[O-])cc3)nn1C2c1ccc(Cl)cc1. The lowest BCUT2D eigenvalue weighted by Gasteiger charge is -2.38. The molecular formula is C23H20ClN5O3. The highest BCUT2D eigenvalue weighted by Crippen LogP contribution is 2.45. The van der Waals surface area contributed by atoms with Crippen molar-refractivity contribution in [3.63, 3.8) is 0 Å². The van der Waals surface area contributed by atoms with Gasteiger partial charge in [0, 0.05) is 40.4 Å². The summed E-state index contributed by atoms with van der Waals surface area (Å²) in [5.74, 6) is 1.04. The first kappa shape index (κ1) is 20.4. The third kappa shape index (κ3) is 3.46. The number of carbonyl (C=O) groups is 1. The molecule has 1 atom stereocenters. The van der Waals surface area contributed by atoms with Gasteiger partial charge in [-0.1, -0.05) is 37.6 Å². The highest BCUT2D eigenvalue weighted by molar-refractivity contribution is 6.30. The zero-order valence-electron chi connectivity index (χ0n) is 17.5. The Morgan fingerprint density at radius 3 is 2.47 bits per heavy atom. The minimum atomic E-state index is -0.446. The zero-order valence-corrected chi connectivity index (χ0v) is 18.3. The number of nitrogens with zero attached hydrogens (tertiary/aromatic N) is 4. The van der Waals surface area contributed by atoms with Crippen molar-refractivity contribution in [1.82, 2.24) is 14.8 Å². The van der Waals surface area contributed by atoms with Crippen LogP contribution in [0.3, 0.4) is 0 Å². The fourth-order valence-electron chi connectivity index (χ4n) is 4.42. The van der Waals surface area contributed by atoms with Crippen LogP contribution < -0.4 is 5.32 Å². The van der Waals surface area contributed by atoms with Crippen molar-refractivity contribution in [3.8, 4) is 11.4 Å². The van der Waals surface area contributed by atoms with Gasteiger partial charge in [0.1, 0.15) is 6.04 Å². The fourth-order valence-corrected chi connectivity index (χ4v) is 4.54. The van der Waals surface area contributed by atoms with Crippen LogP contribution >= 0.6 is 11.6 Å². The Morgan fingerprint density at radius 1 is 1.12 bits per heavy atom. The van der Waals surface area contributed by atoms with E-state index in [1.807, 2.05) is 12.1 Å². The molecule has 2 aliphatic rings. The number of nitro benzene ring substituents is 1. The Hall–Kier alpha value is -3.52. The number of halogens is 1. The van der Waals surface area contributed by atoms with Gasteiger partial charge >= 0.3 is 0 Å². The van der Waals surface area contributed by atoms with Crippen LogP contribution in [0.15, 0.2) is 59.8 Å². The van der Waals surface area contributed by atoms with E-state index in [1.165, 1.54) is 12.1 Å². The number of aromatic nitrogens is 3. The third-order valence-corrected chi connectivity index (χ3v) is 6.11. The van der Waals surface area contributed by atoms with Crippen LogP contribution in [-0.4, -0.2) is 25.5 Å². The second-order valence-electron chi connectivity index (χ2n) is 8.92. The van der Waals surface area contributed by atoms with Crippen LogP contribution in [-0.2, 0) is 4.79 Å². The van der Waals surface area contributed by atoms with Gasteiger partial charge in [-0.15, -0.1) is 5.10 Å². The molecule has 0 saturated carbocycles. The van der Waals surface area contributed by atoms with Crippen LogP contribution in [0, 0.1) is 15.5 Å². The Morgan fingerprint density at radius 2 is 1.81 bits per heavy atom. The number of nitrogens with one attached hydrogen (secondary N) is 1. The number of carbonyl (C=O) groups excluding carboxylic acids is 1. The fraction of sp³-hybridized carbons (Fsp3) is 0.261. The summed E-state index contributed by atoms with van der Waals surface area (Å²) in [7, 11) is 0. The normalized spacial score (nSPS) is 19.2. The van der Waals surface area contributed by atoms with Crippen molar-refractivity contribution in [2.45, 2.75) is 32.7 Å². The van der Waals surface area contributed by atoms with Crippen LogP contribution in [0.5, 0.6) is 0 Å². The summed E-state index contributed by atoms with van der Waals surface area (Å²) in [4.78, 5) is 28.4. The maximum absolute atomic E-state index is 13.2. The predicted molar refractivity (Wildman–Crippen MR) is 120 cm³/mol. The summed E-state index contributed by atoms with van der Waals surface area (Å²) < 4.78 is 1.72. The molecule has 0 spiro atoms. The number of fused-ring (bicyclic) bond motifs is 1. The van der Waals surface area contributed by atoms with Crippen molar-refractivity contribution >= 4 is 29.0 Å². The maximum atomic E-state index is 13.2. The topological polar surface area (TPSA) is 103 Å². The summed E-state index contributed by atoms with van der Waals surface area (Å²) in [6, 6.07) is 13.1. The van der Waals surface area contributed by atoms with Gasteiger partial charge < -0.3 is 5.32 Å². The highest BCUT2D eigenvalue weighted by Gasteiger charge is 2.41. The van der Waals surface area contributed by atoms with E-state index in [1.54, 1.807) is 28.9 Å². The van der Waals surface area contributed by atoms with Gasteiger partial charge in [-0.2, -0.15) is 4.98 Å². The third-order valence-electron chi connectivity index (χ3n) is 5.85. The lowest BCUT2D eigenvalue weighted by Crippen LogP contribution is -2.36. The number of hydrogen-bond donors (Lipinski definition) is 1. The molecule has 1 unspecified atom stereocenters. The van der Waals surface area contributed by atoms with E-state index < -0.39 is 11.0 Å². The lowest BCUT2D eigenvalue weighted by molar-refractivity contribution is -0.384. The number of Topliss-reactive ketones (excluding diaryl/α,β-unsaturated/α-hetero) is 1. The van der Waals surface area contributed by atoms with Gasteiger partial charge in [0.05, 0.1) is 4.92 Å². The quantitative estimate of drug-likeness (QED) is 0.437. The molecule has 0 bridgehead atoms. The second-order valence-corrected chi connectivity index (χ2v) is 9.36. The second kappa shape index (κ2) is 7.27. The van der Waals surface area contributed by atoms with E-state index >= 15 is 0 Å². The molecule has 2 aromatic carbocycles. The van der Waals surface area contributed by atoms with E-state index in [0.29, 0.717) is 34.4 Å². The van der Waals surface area contributed by atoms with Crippen molar-refractivity contribution < 1.29 is 9.72 Å². The van der Waals surface area contributed by atoms with Crippen LogP contribution in [0.1, 0.15) is 38.3 Å². The Balaban J connectivity index is 1.63. The van der Waals surface area contributed by atoms with Crippen molar-refractivity contribution in [3.05, 3.63) is 80.5 Å². The molecule has 1 aliphatic heterocycles. The minimum Gasteiger partial charge on any atom is -0.328 e. The van der Waals surface area contributed by atoms with Crippen molar-refractivity contribution in [1.29, 1.82) is 0 Å². The van der Waals surface area contributed by atoms with E-state index in [0.717, 1.165) is 17.7 Å². The maximum Gasteiger partial charge on any atom is 0.269 e. The van der Waals surface area contributed by atoms with Gasteiger partial charge in [-0.25, -0.2) is 4.68 Å². The molecule has 0 fully saturated rings.